The molecular weight excluding hydrogens is 280 g/mol. The molecule has 1 aliphatic carbocycles. The van der Waals surface area contributed by atoms with Gasteiger partial charge in [-0.2, -0.15) is 0 Å². The minimum atomic E-state index is -3.90. The minimum Gasteiger partial charge on any atom is -0.495 e. The summed E-state index contributed by atoms with van der Waals surface area (Å²) in [6.07, 6.45) is 3.81. The molecule has 0 radical (unpaired) electrons. The van der Waals surface area contributed by atoms with Gasteiger partial charge in [0.25, 0.3) is 0 Å². The van der Waals surface area contributed by atoms with Crippen molar-refractivity contribution in [2.45, 2.75) is 30.6 Å². The van der Waals surface area contributed by atoms with Crippen molar-refractivity contribution in [3.63, 3.8) is 0 Å². The predicted octanol–water partition coefficient (Wildman–Crippen LogP) is 1.47. The summed E-state index contributed by atoms with van der Waals surface area (Å²) in [5.74, 6) is 0.496. The summed E-state index contributed by atoms with van der Waals surface area (Å²) in [5, 5.41) is 7.81. The molecule has 20 heavy (non-hydrogen) atoms. The highest BCUT2D eigenvalue weighted by atomic mass is 32.2. The molecule has 0 aliphatic heterocycles. The van der Waals surface area contributed by atoms with E-state index < -0.39 is 10.0 Å². The number of hydrogen-bond acceptors (Lipinski definition) is 4. The lowest BCUT2D eigenvalue weighted by atomic mass is 9.83. The number of primary sulfonamides is 1. The van der Waals surface area contributed by atoms with Crippen LogP contribution in [0.4, 0.5) is 5.69 Å². The van der Waals surface area contributed by atoms with Gasteiger partial charge in [0.15, 0.2) is 0 Å². The van der Waals surface area contributed by atoms with Crippen molar-refractivity contribution in [1.29, 1.82) is 0 Å². The van der Waals surface area contributed by atoms with Crippen molar-refractivity contribution in [3.8, 4) is 5.75 Å². The first-order chi connectivity index (χ1) is 9.40. The molecule has 2 rings (SSSR count). The SMILES string of the molecule is COc1ccc(NC(=O)CC2CCC2)cc1S(N)(=O)=O. The maximum atomic E-state index is 11.8. The van der Waals surface area contributed by atoms with Crippen LogP contribution in [0.15, 0.2) is 23.1 Å². The van der Waals surface area contributed by atoms with E-state index in [1.165, 1.54) is 25.7 Å². The van der Waals surface area contributed by atoms with E-state index in [2.05, 4.69) is 5.32 Å². The molecule has 1 aliphatic rings. The molecule has 0 spiro atoms. The van der Waals surface area contributed by atoms with E-state index in [1.807, 2.05) is 0 Å². The molecule has 1 aromatic carbocycles. The van der Waals surface area contributed by atoms with Gasteiger partial charge in [-0.05, 0) is 37.0 Å². The van der Waals surface area contributed by atoms with Gasteiger partial charge in [0.1, 0.15) is 10.6 Å². The first-order valence-corrected chi connectivity index (χ1v) is 7.95. The number of sulfonamides is 1. The molecule has 0 atom stereocenters. The Bertz CT molecular complexity index is 609. The van der Waals surface area contributed by atoms with Crippen molar-refractivity contribution >= 4 is 21.6 Å². The number of methoxy groups -OCH3 is 1. The summed E-state index contributed by atoms with van der Waals surface area (Å²) >= 11 is 0. The molecule has 7 heteroatoms. The Morgan fingerprint density at radius 2 is 2.15 bits per heavy atom. The van der Waals surface area contributed by atoms with Crippen LogP contribution in [-0.2, 0) is 14.8 Å². The van der Waals surface area contributed by atoms with Crippen molar-refractivity contribution < 1.29 is 17.9 Å². The zero-order valence-corrected chi connectivity index (χ0v) is 12.1. The number of nitrogens with one attached hydrogen (secondary N) is 1. The van der Waals surface area contributed by atoms with Crippen LogP contribution in [0.3, 0.4) is 0 Å². The van der Waals surface area contributed by atoms with E-state index in [0.29, 0.717) is 18.0 Å². The molecule has 6 nitrogen and oxygen atoms in total. The molecule has 1 saturated carbocycles. The van der Waals surface area contributed by atoms with Gasteiger partial charge in [0.2, 0.25) is 15.9 Å². The summed E-state index contributed by atoms with van der Waals surface area (Å²) in [4.78, 5) is 11.7. The lowest BCUT2D eigenvalue weighted by Crippen LogP contribution is -2.21. The van der Waals surface area contributed by atoms with Gasteiger partial charge in [-0.15, -0.1) is 0 Å². The van der Waals surface area contributed by atoms with Crippen molar-refractivity contribution in [1.82, 2.24) is 0 Å². The highest BCUT2D eigenvalue weighted by Gasteiger charge is 2.21. The van der Waals surface area contributed by atoms with E-state index in [4.69, 9.17) is 9.88 Å². The number of anilines is 1. The lowest BCUT2D eigenvalue weighted by Gasteiger charge is -2.24. The fourth-order valence-corrected chi connectivity index (χ4v) is 2.87. The Balaban J connectivity index is 2.14. The number of rotatable bonds is 5. The van der Waals surface area contributed by atoms with E-state index in [1.54, 1.807) is 6.07 Å². The van der Waals surface area contributed by atoms with Gasteiger partial charge in [0.05, 0.1) is 7.11 Å². The summed E-state index contributed by atoms with van der Waals surface area (Å²) in [5.41, 5.74) is 0.402. The maximum Gasteiger partial charge on any atom is 0.241 e. The van der Waals surface area contributed by atoms with Crippen LogP contribution in [0.1, 0.15) is 25.7 Å². The molecule has 0 bridgehead atoms. The largest absolute Gasteiger partial charge is 0.495 e. The third kappa shape index (κ3) is 3.49. The van der Waals surface area contributed by atoms with Crippen LogP contribution >= 0.6 is 0 Å². The number of nitrogens with two attached hydrogens (primary N) is 1. The second kappa shape index (κ2) is 5.80. The van der Waals surface area contributed by atoms with Crippen LogP contribution in [0, 0.1) is 5.92 Å². The summed E-state index contributed by atoms with van der Waals surface area (Å²) in [6.45, 7) is 0. The monoisotopic (exact) mass is 298 g/mol. The number of amides is 1. The molecule has 0 heterocycles. The second-order valence-electron chi connectivity index (χ2n) is 4.96. The van der Waals surface area contributed by atoms with Crippen molar-refractivity contribution in [2.24, 2.45) is 11.1 Å². The summed E-state index contributed by atoms with van der Waals surface area (Å²) < 4.78 is 27.9. The molecule has 3 N–H and O–H groups in total. The van der Waals surface area contributed by atoms with Crippen LogP contribution in [0.5, 0.6) is 5.75 Å². The molecule has 1 amide bonds. The molecule has 0 unspecified atom stereocenters. The lowest BCUT2D eigenvalue weighted by molar-refractivity contribution is -0.117. The normalized spacial score (nSPS) is 15.5. The minimum absolute atomic E-state index is 0.111. The Kier molecular flexibility index (Phi) is 4.29. The molecule has 0 aromatic heterocycles. The number of benzene rings is 1. The van der Waals surface area contributed by atoms with Gasteiger partial charge < -0.3 is 10.1 Å². The van der Waals surface area contributed by atoms with E-state index in [-0.39, 0.29) is 16.6 Å². The molecular formula is C13H18N2O4S. The maximum absolute atomic E-state index is 11.8. The van der Waals surface area contributed by atoms with Crippen LogP contribution in [0.2, 0.25) is 0 Å². The van der Waals surface area contributed by atoms with Crippen molar-refractivity contribution in [3.05, 3.63) is 18.2 Å². The van der Waals surface area contributed by atoms with Gasteiger partial charge in [-0.1, -0.05) is 6.42 Å². The zero-order chi connectivity index (χ0) is 14.8. The van der Waals surface area contributed by atoms with Crippen LogP contribution < -0.4 is 15.2 Å². The van der Waals surface area contributed by atoms with Crippen LogP contribution in [-0.4, -0.2) is 21.4 Å². The van der Waals surface area contributed by atoms with Gasteiger partial charge in [-0.25, -0.2) is 13.6 Å². The third-order valence-corrected chi connectivity index (χ3v) is 4.38. The number of carbonyl (C=O) groups excluding carboxylic acids is 1. The fraction of sp³-hybridized carbons (Fsp3) is 0.462. The summed E-state index contributed by atoms with van der Waals surface area (Å²) in [6, 6.07) is 4.37. The fourth-order valence-electron chi connectivity index (χ4n) is 2.15. The highest BCUT2D eigenvalue weighted by Crippen LogP contribution is 2.30. The standard InChI is InChI=1S/C13H18N2O4S/c1-19-11-6-5-10(8-12(11)20(14,17)18)15-13(16)7-9-3-2-4-9/h5-6,8-9H,2-4,7H2,1H3,(H,15,16)(H2,14,17,18). The Hall–Kier alpha value is -1.60. The Morgan fingerprint density at radius 3 is 2.65 bits per heavy atom. The topological polar surface area (TPSA) is 98.5 Å². The Labute approximate surface area is 118 Å². The predicted molar refractivity (Wildman–Crippen MR) is 75.0 cm³/mol. The van der Waals surface area contributed by atoms with E-state index in [9.17, 15) is 13.2 Å². The van der Waals surface area contributed by atoms with E-state index >= 15 is 0 Å². The molecule has 0 saturated heterocycles. The second-order valence-corrected chi connectivity index (χ2v) is 6.49. The van der Waals surface area contributed by atoms with Gasteiger partial charge in [0, 0.05) is 12.1 Å². The third-order valence-electron chi connectivity index (χ3n) is 3.45. The number of carbonyl (C=O) groups is 1. The summed E-state index contributed by atoms with van der Waals surface area (Å²) in [7, 11) is -2.54. The number of hydrogen-bond donors (Lipinski definition) is 2. The smallest absolute Gasteiger partial charge is 0.241 e. The van der Waals surface area contributed by atoms with Crippen LogP contribution in [0.25, 0.3) is 0 Å². The van der Waals surface area contributed by atoms with Gasteiger partial charge >= 0.3 is 0 Å². The van der Waals surface area contributed by atoms with E-state index in [0.717, 1.165) is 12.8 Å². The quantitative estimate of drug-likeness (QED) is 0.860. The zero-order valence-electron chi connectivity index (χ0n) is 11.3. The highest BCUT2D eigenvalue weighted by molar-refractivity contribution is 7.89. The number of ether oxygens (including phenoxy) is 1. The first-order valence-electron chi connectivity index (χ1n) is 6.41. The first kappa shape index (κ1) is 14.8. The average molecular weight is 298 g/mol. The molecule has 1 fully saturated rings. The molecule has 1 aromatic rings. The molecule has 110 valence electrons. The average Bonchev–Trinajstić information content (AvgIpc) is 2.33. The van der Waals surface area contributed by atoms with Crippen molar-refractivity contribution in [2.75, 3.05) is 12.4 Å². The Morgan fingerprint density at radius 1 is 1.45 bits per heavy atom. The van der Waals surface area contributed by atoms with Gasteiger partial charge in [-0.3, -0.25) is 4.79 Å².